The molecule has 0 aromatic carbocycles. The first-order chi connectivity index (χ1) is 2.41. The van der Waals surface area contributed by atoms with Crippen molar-refractivity contribution in [1.29, 1.82) is 0 Å². The van der Waals surface area contributed by atoms with Gasteiger partial charge in [0.2, 0.25) is 0 Å². The number of unbranched alkanes of at least 4 members (excludes halogenated alkanes) is 1. The van der Waals surface area contributed by atoms with Gasteiger partial charge in [-0.3, -0.25) is 0 Å². The molecule has 0 heterocycles. The van der Waals surface area contributed by atoms with Gasteiger partial charge in [-0.15, -0.1) is 6.58 Å². The van der Waals surface area contributed by atoms with Crippen LogP contribution in [0.5, 0.6) is 0 Å². The zero-order valence-corrected chi connectivity index (χ0v) is 4.28. The highest BCUT2D eigenvalue weighted by Gasteiger charge is 1.61. The number of rotatable bonds is 2. The normalized spacial score (nSPS) is 6.17. The lowest BCUT2D eigenvalue weighted by atomic mass is 10.3. The maximum absolute atomic E-state index is 3.55. The van der Waals surface area contributed by atoms with E-state index >= 15 is 0 Å². The van der Waals surface area contributed by atoms with Gasteiger partial charge in [-0.2, -0.15) is 0 Å². The average Bonchev–Trinajstić information content (AvgIpc) is 1.41. The first kappa shape index (κ1) is 9.26. The summed E-state index contributed by atoms with van der Waals surface area (Å²) in [6.07, 6.45) is 4.31. The van der Waals surface area contributed by atoms with Crippen molar-refractivity contribution in [3.8, 4) is 0 Å². The minimum Gasteiger partial charge on any atom is -0.103 e. The molecule has 0 nitrogen and oxygen atoms in total. The molecule has 0 spiro atoms. The Morgan fingerprint density at radius 1 is 1.67 bits per heavy atom. The first-order valence-corrected chi connectivity index (χ1v) is 2.02. The summed E-state index contributed by atoms with van der Waals surface area (Å²) in [6.45, 7) is 5.69. The van der Waals surface area contributed by atoms with Gasteiger partial charge < -0.3 is 0 Å². The topological polar surface area (TPSA) is 0 Å². The van der Waals surface area contributed by atoms with Crippen molar-refractivity contribution in [2.45, 2.75) is 19.8 Å². The van der Waals surface area contributed by atoms with Crippen molar-refractivity contribution >= 4 is 8.41 Å². The molecule has 0 aliphatic heterocycles. The van der Waals surface area contributed by atoms with Crippen LogP contribution in [0.25, 0.3) is 0 Å². The smallest absolute Gasteiger partial charge is 0 e. The number of hydrogen-bond donors (Lipinski definition) is 0. The van der Waals surface area contributed by atoms with Crippen LogP contribution in [0.1, 0.15) is 19.8 Å². The molecular formula is C5H10B. The molecule has 3 radical (unpaired) electrons. The quantitative estimate of drug-likeness (QED) is 0.349. The molecule has 6 heavy (non-hydrogen) atoms. The van der Waals surface area contributed by atoms with Gasteiger partial charge in [0, 0.05) is 8.41 Å². The molecule has 0 aromatic rings. The third-order valence-corrected chi connectivity index (χ3v) is 0.493. The van der Waals surface area contributed by atoms with E-state index in [4.69, 9.17) is 0 Å². The summed E-state index contributed by atoms with van der Waals surface area (Å²) < 4.78 is 0. The van der Waals surface area contributed by atoms with Crippen LogP contribution in [0.15, 0.2) is 12.7 Å². The Hall–Kier alpha value is -0.195. The van der Waals surface area contributed by atoms with Crippen LogP contribution in [0.3, 0.4) is 0 Å². The third-order valence-electron chi connectivity index (χ3n) is 0.493. The predicted molar refractivity (Wildman–Crippen MR) is 30.9 cm³/mol. The Labute approximate surface area is 41.8 Å². The van der Waals surface area contributed by atoms with Crippen LogP contribution in [0, 0.1) is 0 Å². The molecule has 0 aromatic heterocycles. The lowest BCUT2D eigenvalue weighted by Gasteiger charge is -1.72. The highest BCUT2D eigenvalue weighted by atomic mass is 13.7. The van der Waals surface area contributed by atoms with Gasteiger partial charge in [0.25, 0.3) is 0 Å². The second kappa shape index (κ2) is 8.84. The number of allylic oxidation sites excluding steroid dienone is 1. The standard InChI is InChI=1S/C5H10.B/c1-3-5-4-2;/h3H,1,4-5H2,2H3;. The van der Waals surface area contributed by atoms with Gasteiger partial charge in [-0.05, 0) is 6.42 Å². The molecule has 0 saturated heterocycles. The molecular weight excluding hydrogens is 70.9 g/mol. The monoisotopic (exact) mass is 81.1 g/mol. The Morgan fingerprint density at radius 3 is 2.17 bits per heavy atom. The molecule has 0 bridgehead atoms. The van der Waals surface area contributed by atoms with Crippen molar-refractivity contribution in [1.82, 2.24) is 0 Å². The van der Waals surface area contributed by atoms with E-state index < -0.39 is 0 Å². The maximum atomic E-state index is 3.55. The first-order valence-electron chi connectivity index (χ1n) is 2.02. The van der Waals surface area contributed by atoms with E-state index in [9.17, 15) is 0 Å². The van der Waals surface area contributed by atoms with Crippen molar-refractivity contribution in [2.24, 2.45) is 0 Å². The van der Waals surface area contributed by atoms with Crippen LogP contribution >= 0.6 is 0 Å². The summed E-state index contributed by atoms with van der Waals surface area (Å²) in [7, 11) is 0. The molecule has 0 saturated carbocycles. The SMILES string of the molecule is C=CCCC.[B]. The summed E-state index contributed by atoms with van der Waals surface area (Å²) in [6, 6.07) is 0. The van der Waals surface area contributed by atoms with Gasteiger partial charge in [0.05, 0.1) is 0 Å². The second-order valence-electron chi connectivity index (χ2n) is 1.08. The van der Waals surface area contributed by atoms with E-state index in [1.807, 2.05) is 6.08 Å². The van der Waals surface area contributed by atoms with Gasteiger partial charge in [-0.25, -0.2) is 0 Å². The molecule has 0 unspecified atom stereocenters. The Morgan fingerprint density at radius 2 is 2.17 bits per heavy atom. The third kappa shape index (κ3) is 9.19. The summed E-state index contributed by atoms with van der Waals surface area (Å²) >= 11 is 0. The highest BCUT2D eigenvalue weighted by molar-refractivity contribution is 5.75. The van der Waals surface area contributed by atoms with Crippen molar-refractivity contribution in [3.05, 3.63) is 12.7 Å². The summed E-state index contributed by atoms with van der Waals surface area (Å²) in [5, 5.41) is 0. The molecule has 0 atom stereocenters. The molecule has 0 fully saturated rings. The maximum Gasteiger partial charge on any atom is 0 e. The lowest BCUT2D eigenvalue weighted by Crippen LogP contribution is -1.52. The minimum atomic E-state index is 0. The Bertz CT molecular complexity index is 25.1. The van der Waals surface area contributed by atoms with Crippen LogP contribution < -0.4 is 0 Å². The fourth-order valence-electron chi connectivity index (χ4n) is 0.204. The summed E-state index contributed by atoms with van der Waals surface area (Å²) in [5.74, 6) is 0. The van der Waals surface area contributed by atoms with E-state index in [1.165, 1.54) is 6.42 Å². The predicted octanol–water partition coefficient (Wildman–Crippen LogP) is 1.59. The van der Waals surface area contributed by atoms with Crippen molar-refractivity contribution < 1.29 is 0 Å². The molecule has 0 amide bonds. The average molecular weight is 80.9 g/mol. The van der Waals surface area contributed by atoms with E-state index in [1.54, 1.807) is 0 Å². The lowest BCUT2D eigenvalue weighted by molar-refractivity contribution is 0.961. The van der Waals surface area contributed by atoms with Crippen LogP contribution in [-0.2, 0) is 0 Å². The molecule has 0 N–H and O–H groups in total. The van der Waals surface area contributed by atoms with Crippen LogP contribution in [-0.4, -0.2) is 8.41 Å². The van der Waals surface area contributed by atoms with Crippen molar-refractivity contribution in [2.75, 3.05) is 0 Å². The van der Waals surface area contributed by atoms with E-state index in [0.29, 0.717) is 0 Å². The molecule has 1 heteroatoms. The van der Waals surface area contributed by atoms with E-state index in [0.717, 1.165) is 6.42 Å². The van der Waals surface area contributed by atoms with E-state index in [2.05, 4.69) is 13.5 Å². The van der Waals surface area contributed by atoms with Crippen LogP contribution in [0.4, 0.5) is 0 Å². The molecule has 0 rings (SSSR count). The Kier molecular flexibility index (Phi) is 13.6. The zero-order chi connectivity index (χ0) is 4.12. The van der Waals surface area contributed by atoms with Gasteiger partial charge in [0.15, 0.2) is 0 Å². The van der Waals surface area contributed by atoms with Gasteiger partial charge in [-0.1, -0.05) is 19.4 Å². The van der Waals surface area contributed by atoms with Gasteiger partial charge in [0.1, 0.15) is 0 Å². The second-order valence-corrected chi connectivity index (χ2v) is 1.08. The van der Waals surface area contributed by atoms with Crippen LogP contribution in [0.2, 0.25) is 0 Å². The van der Waals surface area contributed by atoms with E-state index in [-0.39, 0.29) is 8.41 Å². The summed E-state index contributed by atoms with van der Waals surface area (Å²) in [5.41, 5.74) is 0. The minimum absolute atomic E-state index is 0. The molecule has 0 aliphatic rings. The number of hydrogen-bond acceptors (Lipinski definition) is 0. The highest BCUT2D eigenvalue weighted by Crippen LogP contribution is 1.82. The Balaban J connectivity index is 0. The zero-order valence-electron chi connectivity index (χ0n) is 4.28. The largest absolute Gasteiger partial charge is 0.103 e. The molecule has 33 valence electrons. The fourth-order valence-corrected chi connectivity index (χ4v) is 0.204. The van der Waals surface area contributed by atoms with Gasteiger partial charge >= 0.3 is 0 Å². The van der Waals surface area contributed by atoms with Crippen molar-refractivity contribution in [3.63, 3.8) is 0 Å². The molecule has 0 aliphatic carbocycles. The summed E-state index contributed by atoms with van der Waals surface area (Å²) in [4.78, 5) is 0. The fraction of sp³-hybridized carbons (Fsp3) is 0.600.